The number of H-pyrrole nitrogens is 1. The molecule has 0 saturated heterocycles. The zero-order chi connectivity index (χ0) is 16.1. The Morgan fingerprint density at radius 3 is 2.22 bits per heavy atom. The molecule has 0 aliphatic rings. The molecule has 1 unspecified atom stereocenters. The number of likely N-dealkylation sites (N-methyl/N-ethyl adjacent to an activating group) is 1. The average molecular weight is 309 g/mol. The highest BCUT2D eigenvalue weighted by Crippen LogP contribution is 2.27. The summed E-state index contributed by atoms with van der Waals surface area (Å²) >= 11 is 0. The van der Waals surface area contributed by atoms with Gasteiger partial charge in [0.25, 0.3) is 0 Å². The summed E-state index contributed by atoms with van der Waals surface area (Å²) in [5, 5.41) is 10.2. The fourth-order valence-corrected chi connectivity index (χ4v) is 2.73. The zero-order valence-electron chi connectivity index (χ0n) is 13.1. The lowest BCUT2D eigenvalue weighted by Gasteiger charge is -2.19. The summed E-state index contributed by atoms with van der Waals surface area (Å²) < 4.78 is 13.2. The molecule has 0 aliphatic carbocycles. The molecule has 118 valence electrons. The highest BCUT2D eigenvalue weighted by molar-refractivity contribution is 5.62. The van der Waals surface area contributed by atoms with Crippen molar-refractivity contribution in [3.8, 4) is 11.1 Å². The predicted molar refractivity (Wildman–Crippen MR) is 90.8 cm³/mol. The fourth-order valence-electron chi connectivity index (χ4n) is 2.73. The van der Waals surface area contributed by atoms with Crippen LogP contribution in [0.1, 0.15) is 24.0 Å². The van der Waals surface area contributed by atoms with Crippen LogP contribution < -0.4 is 5.32 Å². The maximum absolute atomic E-state index is 13.2. The van der Waals surface area contributed by atoms with Crippen molar-refractivity contribution in [2.45, 2.75) is 12.8 Å². The minimum atomic E-state index is -0.203. The summed E-state index contributed by atoms with van der Waals surface area (Å²) in [4.78, 5) is 0. The Balaban J connectivity index is 1.88. The number of halogens is 1. The van der Waals surface area contributed by atoms with Crippen molar-refractivity contribution in [2.24, 2.45) is 0 Å². The monoisotopic (exact) mass is 309 g/mol. The van der Waals surface area contributed by atoms with Crippen LogP contribution in [0.25, 0.3) is 11.1 Å². The maximum Gasteiger partial charge on any atom is 0.123 e. The van der Waals surface area contributed by atoms with E-state index in [0.29, 0.717) is 0 Å². The summed E-state index contributed by atoms with van der Waals surface area (Å²) in [6, 6.07) is 15.2. The van der Waals surface area contributed by atoms with E-state index in [2.05, 4.69) is 46.7 Å². The van der Waals surface area contributed by atoms with Crippen molar-refractivity contribution in [3.05, 3.63) is 77.9 Å². The highest BCUT2D eigenvalue weighted by Gasteiger charge is 2.14. The molecule has 3 aromatic rings. The Morgan fingerprint density at radius 2 is 1.65 bits per heavy atom. The third-order valence-corrected chi connectivity index (χ3v) is 4.02. The third-order valence-electron chi connectivity index (χ3n) is 4.02. The number of rotatable bonds is 6. The molecule has 0 fully saturated rings. The van der Waals surface area contributed by atoms with Crippen LogP contribution in [0, 0.1) is 5.82 Å². The second-order valence-corrected chi connectivity index (χ2v) is 5.52. The normalized spacial score (nSPS) is 12.3. The molecule has 2 N–H and O–H groups in total. The SMILES string of the molecule is CCNCC(c1ccc(F)cc1)c1ccc(-c2cn[nH]c2)cc1. The van der Waals surface area contributed by atoms with Crippen LogP contribution in [0.2, 0.25) is 0 Å². The number of hydrogen-bond acceptors (Lipinski definition) is 2. The van der Waals surface area contributed by atoms with Crippen molar-refractivity contribution < 1.29 is 4.39 Å². The van der Waals surface area contributed by atoms with E-state index in [1.165, 1.54) is 17.7 Å². The topological polar surface area (TPSA) is 40.7 Å². The minimum Gasteiger partial charge on any atom is -0.316 e. The van der Waals surface area contributed by atoms with Gasteiger partial charge in [0.15, 0.2) is 0 Å². The molecule has 23 heavy (non-hydrogen) atoms. The van der Waals surface area contributed by atoms with E-state index in [0.717, 1.165) is 29.8 Å². The first-order chi connectivity index (χ1) is 11.3. The van der Waals surface area contributed by atoms with Crippen molar-refractivity contribution in [1.82, 2.24) is 15.5 Å². The van der Waals surface area contributed by atoms with Crippen LogP contribution in [0.3, 0.4) is 0 Å². The Kier molecular flexibility index (Phi) is 4.83. The van der Waals surface area contributed by atoms with Crippen molar-refractivity contribution in [3.63, 3.8) is 0 Å². The first kappa shape index (κ1) is 15.4. The van der Waals surface area contributed by atoms with E-state index in [4.69, 9.17) is 0 Å². The molecule has 0 amide bonds. The molecule has 0 radical (unpaired) electrons. The van der Waals surface area contributed by atoms with Crippen molar-refractivity contribution in [2.75, 3.05) is 13.1 Å². The van der Waals surface area contributed by atoms with Gasteiger partial charge in [-0.3, -0.25) is 5.10 Å². The Hall–Kier alpha value is -2.46. The van der Waals surface area contributed by atoms with Gasteiger partial charge in [-0.05, 0) is 35.4 Å². The average Bonchev–Trinajstić information content (AvgIpc) is 3.12. The van der Waals surface area contributed by atoms with Gasteiger partial charge >= 0.3 is 0 Å². The van der Waals surface area contributed by atoms with Crippen LogP contribution in [-0.4, -0.2) is 23.3 Å². The van der Waals surface area contributed by atoms with Gasteiger partial charge in [0.2, 0.25) is 0 Å². The van der Waals surface area contributed by atoms with Crippen LogP contribution in [0.4, 0.5) is 4.39 Å². The summed E-state index contributed by atoms with van der Waals surface area (Å²) in [7, 11) is 0. The minimum absolute atomic E-state index is 0.203. The van der Waals surface area contributed by atoms with E-state index in [1.807, 2.05) is 24.5 Å². The number of aromatic nitrogens is 2. The van der Waals surface area contributed by atoms with Gasteiger partial charge in [0.05, 0.1) is 6.20 Å². The van der Waals surface area contributed by atoms with Gasteiger partial charge in [0, 0.05) is 24.2 Å². The largest absolute Gasteiger partial charge is 0.316 e. The van der Waals surface area contributed by atoms with Crippen LogP contribution >= 0.6 is 0 Å². The lowest BCUT2D eigenvalue weighted by Crippen LogP contribution is -2.22. The van der Waals surface area contributed by atoms with Gasteiger partial charge in [-0.15, -0.1) is 0 Å². The smallest absolute Gasteiger partial charge is 0.123 e. The first-order valence-corrected chi connectivity index (χ1v) is 7.83. The molecule has 0 bridgehead atoms. The van der Waals surface area contributed by atoms with E-state index in [1.54, 1.807) is 0 Å². The first-order valence-electron chi connectivity index (χ1n) is 7.83. The number of nitrogens with zero attached hydrogens (tertiary/aromatic N) is 1. The molecule has 0 aliphatic heterocycles. The van der Waals surface area contributed by atoms with Crippen molar-refractivity contribution in [1.29, 1.82) is 0 Å². The van der Waals surface area contributed by atoms with Gasteiger partial charge in [-0.1, -0.05) is 43.3 Å². The van der Waals surface area contributed by atoms with Gasteiger partial charge in [-0.2, -0.15) is 5.10 Å². The maximum atomic E-state index is 13.2. The van der Waals surface area contributed by atoms with Crippen LogP contribution in [-0.2, 0) is 0 Å². The number of benzene rings is 2. The second-order valence-electron chi connectivity index (χ2n) is 5.52. The van der Waals surface area contributed by atoms with E-state index < -0.39 is 0 Å². The number of hydrogen-bond donors (Lipinski definition) is 2. The summed E-state index contributed by atoms with van der Waals surface area (Å²) in [5.74, 6) is 0.000191. The van der Waals surface area contributed by atoms with Crippen LogP contribution in [0.15, 0.2) is 60.9 Å². The molecule has 1 aromatic heterocycles. The molecule has 3 nitrogen and oxygen atoms in total. The summed E-state index contributed by atoms with van der Waals surface area (Å²) in [5.41, 5.74) is 4.53. The molecule has 2 aromatic carbocycles. The molecular formula is C19H20FN3. The molecule has 0 spiro atoms. The Labute approximate surface area is 135 Å². The van der Waals surface area contributed by atoms with E-state index >= 15 is 0 Å². The van der Waals surface area contributed by atoms with Crippen LogP contribution in [0.5, 0.6) is 0 Å². The molecule has 4 heteroatoms. The Morgan fingerprint density at radius 1 is 1.00 bits per heavy atom. The van der Waals surface area contributed by atoms with Gasteiger partial charge in [-0.25, -0.2) is 4.39 Å². The third kappa shape index (κ3) is 3.66. The number of aromatic amines is 1. The Bertz CT molecular complexity index is 718. The fraction of sp³-hybridized carbons (Fsp3) is 0.211. The molecule has 1 atom stereocenters. The molecule has 1 heterocycles. The molecule has 0 saturated carbocycles. The zero-order valence-corrected chi connectivity index (χ0v) is 13.1. The van der Waals surface area contributed by atoms with Gasteiger partial charge in [0.1, 0.15) is 5.82 Å². The van der Waals surface area contributed by atoms with E-state index in [-0.39, 0.29) is 11.7 Å². The predicted octanol–water partition coefficient (Wildman–Crippen LogP) is 3.96. The number of nitrogens with one attached hydrogen (secondary N) is 2. The lowest BCUT2D eigenvalue weighted by atomic mass is 9.90. The molecular weight excluding hydrogens is 289 g/mol. The quantitative estimate of drug-likeness (QED) is 0.723. The summed E-state index contributed by atoms with van der Waals surface area (Å²) in [6.45, 7) is 3.82. The van der Waals surface area contributed by atoms with Crippen molar-refractivity contribution >= 4 is 0 Å². The standard InChI is InChI=1S/C19H20FN3/c1-2-21-13-19(16-7-9-18(20)10-8-16)15-5-3-14(4-6-15)17-11-22-23-12-17/h3-12,19,21H,2,13H2,1H3,(H,22,23). The second kappa shape index (κ2) is 7.20. The summed E-state index contributed by atoms with van der Waals surface area (Å²) in [6.07, 6.45) is 3.69. The van der Waals surface area contributed by atoms with Gasteiger partial charge < -0.3 is 5.32 Å². The lowest BCUT2D eigenvalue weighted by molar-refractivity contribution is 0.622. The molecule has 3 rings (SSSR count). The van der Waals surface area contributed by atoms with E-state index in [9.17, 15) is 4.39 Å². The highest BCUT2D eigenvalue weighted by atomic mass is 19.1.